The number of anilines is 2. The van der Waals surface area contributed by atoms with Gasteiger partial charge in [0.25, 0.3) is 5.91 Å². The number of benzene rings is 1. The van der Waals surface area contributed by atoms with Crippen molar-refractivity contribution in [3.8, 4) is 5.75 Å². The van der Waals surface area contributed by atoms with E-state index in [4.69, 9.17) is 13.9 Å². The zero-order chi connectivity index (χ0) is 19.7. The lowest BCUT2D eigenvalue weighted by Gasteiger charge is -2.28. The van der Waals surface area contributed by atoms with Crippen LogP contribution in [0.1, 0.15) is 21.7 Å². The van der Waals surface area contributed by atoms with Gasteiger partial charge in [-0.05, 0) is 31.5 Å². The predicted octanol–water partition coefficient (Wildman–Crippen LogP) is 2.94. The Kier molecular flexibility index (Phi) is 4.87. The highest BCUT2D eigenvalue weighted by molar-refractivity contribution is 6.15. The Labute approximate surface area is 162 Å². The van der Waals surface area contributed by atoms with Gasteiger partial charge in [0.2, 0.25) is 5.71 Å². The van der Waals surface area contributed by atoms with Crippen LogP contribution in [-0.4, -0.2) is 49.3 Å². The summed E-state index contributed by atoms with van der Waals surface area (Å²) in [5.41, 5.74) is 2.45. The normalized spacial score (nSPS) is 14.3. The van der Waals surface area contributed by atoms with Crippen molar-refractivity contribution in [3.05, 3.63) is 41.4 Å². The number of hydrogen-bond donors (Lipinski definition) is 1. The van der Waals surface area contributed by atoms with Gasteiger partial charge >= 0.3 is 0 Å². The molecule has 1 amide bonds. The van der Waals surface area contributed by atoms with E-state index in [1.807, 2.05) is 25.1 Å². The van der Waals surface area contributed by atoms with Gasteiger partial charge in [0.15, 0.2) is 0 Å². The molecule has 1 saturated heterocycles. The maximum Gasteiger partial charge on any atom is 0.260 e. The van der Waals surface area contributed by atoms with Crippen LogP contribution in [0.15, 0.2) is 28.9 Å². The third-order valence-corrected chi connectivity index (χ3v) is 4.79. The number of amides is 1. The number of aryl methyl sites for hydroxylation is 2. The number of morpholine rings is 1. The molecule has 0 aliphatic carbocycles. The molecule has 1 N–H and O–H groups in total. The molecule has 0 atom stereocenters. The summed E-state index contributed by atoms with van der Waals surface area (Å²) >= 11 is 0. The van der Waals surface area contributed by atoms with Gasteiger partial charge < -0.3 is 24.1 Å². The number of carbonyl (C=O) groups is 1. The van der Waals surface area contributed by atoms with Crippen LogP contribution >= 0.6 is 0 Å². The molecule has 3 heterocycles. The third-order valence-electron chi connectivity index (χ3n) is 4.79. The number of nitrogens with one attached hydrogen (secondary N) is 1. The van der Waals surface area contributed by atoms with Gasteiger partial charge in [-0.1, -0.05) is 6.07 Å². The van der Waals surface area contributed by atoms with Gasteiger partial charge in [-0.15, -0.1) is 0 Å². The Morgan fingerprint density at radius 2 is 2.00 bits per heavy atom. The van der Waals surface area contributed by atoms with Gasteiger partial charge in [-0.3, -0.25) is 4.79 Å². The number of furan rings is 1. The van der Waals surface area contributed by atoms with E-state index in [1.165, 1.54) is 6.33 Å². The standard InChI is InChI=1S/C20H22N4O4/c1-12-4-5-15(26-3)14(10-12)23-19(25)16-13(2)28-20-17(16)18(21-11-22-20)24-6-8-27-9-7-24/h4-5,10-11H,6-9H2,1-3H3,(H,23,25). The fourth-order valence-electron chi connectivity index (χ4n) is 3.42. The van der Waals surface area contributed by atoms with Crippen molar-refractivity contribution < 1.29 is 18.7 Å². The molecule has 0 bridgehead atoms. The first-order chi connectivity index (χ1) is 13.6. The number of ether oxygens (including phenoxy) is 2. The van der Waals surface area contributed by atoms with Crippen LogP contribution in [0.5, 0.6) is 5.75 Å². The molecule has 0 radical (unpaired) electrons. The average molecular weight is 382 g/mol. The van der Waals surface area contributed by atoms with Crippen LogP contribution in [0.4, 0.5) is 11.5 Å². The molecule has 146 valence electrons. The zero-order valence-corrected chi connectivity index (χ0v) is 16.1. The number of aromatic nitrogens is 2. The number of rotatable bonds is 4. The highest BCUT2D eigenvalue weighted by Gasteiger charge is 2.26. The Hall–Kier alpha value is -3.13. The molecule has 3 aromatic rings. The van der Waals surface area contributed by atoms with Crippen molar-refractivity contribution in [2.24, 2.45) is 0 Å². The van der Waals surface area contributed by atoms with Crippen molar-refractivity contribution in [2.45, 2.75) is 13.8 Å². The van der Waals surface area contributed by atoms with Gasteiger partial charge in [0.1, 0.15) is 23.7 Å². The van der Waals surface area contributed by atoms with Crippen LogP contribution in [0.3, 0.4) is 0 Å². The van der Waals surface area contributed by atoms with E-state index in [9.17, 15) is 4.79 Å². The summed E-state index contributed by atoms with van der Waals surface area (Å²) in [5.74, 6) is 1.49. The van der Waals surface area contributed by atoms with E-state index in [1.54, 1.807) is 14.0 Å². The molecule has 0 spiro atoms. The highest BCUT2D eigenvalue weighted by Crippen LogP contribution is 2.33. The predicted molar refractivity (Wildman–Crippen MR) is 105 cm³/mol. The van der Waals surface area contributed by atoms with Gasteiger partial charge in [-0.2, -0.15) is 0 Å². The number of nitrogens with zero attached hydrogens (tertiary/aromatic N) is 3. The monoisotopic (exact) mass is 382 g/mol. The van der Waals surface area contributed by atoms with E-state index >= 15 is 0 Å². The largest absolute Gasteiger partial charge is 0.495 e. The molecular formula is C20H22N4O4. The SMILES string of the molecule is COc1ccc(C)cc1NC(=O)c1c(C)oc2ncnc(N3CCOCC3)c12. The number of carbonyl (C=O) groups excluding carboxylic acids is 1. The lowest BCUT2D eigenvalue weighted by Crippen LogP contribution is -2.37. The highest BCUT2D eigenvalue weighted by atomic mass is 16.5. The minimum atomic E-state index is -0.288. The first-order valence-corrected chi connectivity index (χ1v) is 9.11. The Morgan fingerprint density at radius 1 is 1.21 bits per heavy atom. The molecule has 0 saturated carbocycles. The molecule has 28 heavy (non-hydrogen) atoms. The summed E-state index contributed by atoms with van der Waals surface area (Å²) in [6.07, 6.45) is 1.46. The third kappa shape index (κ3) is 3.27. The topological polar surface area (TPSA) is 89.7 Å². The van der Waals surface area contributed by atoms with Crippen LogP contribution < -0.4 is 15.0 Å². The summed E-state index contributed by atoms with van der Waals surface area (Å²) in [7, 11) is 1.57. The summed E-state index contributed by atoms with van der Waals surface area (Å²) in [6.45, 7) is 6.34. The van der Waals surface area contributed by atoms with Gasteiger partial charge in [-0.25, -0.2) is 9.97 Å². The van der Waals surface area contributed by atoms with E-state index in [-0.39, 0.29) is 5.91 Å². The minimum absolute atomic E-state index is 0.288. The van der Waals surface area contributed by atoms with Crippen molar-refractivity contribution in [3.63, 3.8) is 0 Å². The second-order valence-corrected chi connectivity index (χ2v) is 6.67. The smallest absolute Gasteiger partial charge is 0.260 e. The molecule has 1 aliphatic heterocycles. The van der Waals surface area contributed by atoms with Gasteiger partial charge in [0, 0.05) is 13.1 Å². The second-order valence-electron chi connectivity index (χ2n) is 6.67. The lowest BCUT2D eigenvalue weighted by molar-refractivity contribution is 0.102. The quantitative estimate of drug-likeness (QED) is 0.742. The van der Waals surface area contributed by atoms with Crippen molar-refractivity contribution in [1.82, 2.24) is 9.97 Å². The van der Waals surface area contributed by atoms with Crippen molar-refractivity contribution in [2.75, 3.05) is 43.6 Å². The molecule has 2 aromatic heterocycles. The van der Waals surface area contributed by atoms with Crippen LogP contribution in [-0.2, 0) is 4.74 Å². The van der Waals surface area contributed by atoms with E-state index in [0.29, 0.717) is 66.0 Å². The van der Waals surface area contributed by atoms with E-state index in [0.717, 1.165) is 5.56 Å². The fraction of sp³-hybridized carbons (Fsp3) is 0.350. The van der Waals surface area contributed by atoms with Crippen LogP contribution in [0, 0.1) is 13.8 Å². The molecule has 1 aliphatic rings. The Bertz CT molecular complexity index is 1020. The molecular weight excluding hydrogens is 360 g/mol. The molecule has 1 fully saturated rings. The van der Waals surface area contributed by atoms with Gasteiger partial charge in [0.05, 0.1) is 37.0 Å². The van der Waals surface area contributed by atoms with E-state index in [2.05, 4.69) is 20.2 Å². The first kappa shape index (κ1) is 18.2. The van der Waals surface area contributed by atoms with Crippen molar-refractivity contribution in [1.29, 1.82) is 0 Å². The molecule has 8 nitrogen and oxygen atoms in total. The summed E-state index contributed by atoms with van der Waals surface area (Å²) in [6, 6.07) is 5.62. The molecule has 1 aromatic carbocycles. The van der Waals surface area contributed by atoms with E-state index < -0.39 is 0 Å². The number of methoxy groups -OCH3 is 1. The zero-order valence-electron chi connectivity index (χ0n) is 16.1. The average Bonchev–Trinajstić information content (AvgIpc) is 3.04. The van der Waals surface area contributed by atoms with Crippen molar-refractivity contribution >= 4 is 28.5 Å². The number of hydrogen-bond acceptors (Lipinski definition) is 7. The summed E-state index contributed by atoms with van der Waals surface area (Å²) in [4.78, 5) is 23.9. The van der Waals surface area contributed by atoms with Crippen LogP contribution in [0.2, 0.25) is 0 Å². The summed E-state index contributed by atoms with van der Waals surface area (Å²) in [5, 5.41) is 3.56. The minimum Gasteiger partial charge on any atom is -0.495 e. The Balaban J connectivity index is 1.77. The Morgan fingerprint density at radius 3 is 2.75 bits per heavy atom. The maximum absolute atomic E-state index is 13.2. The molecule has 8 heteroatoms. The second kappa shape index (κ2) is 7.47. The molecule has 4 rings (SSSR count). The number of fused-ring (bicyclic) bond motifs is 1. The first-order valence-electron chi connectivity index (χ1n) is 9.11. The lowest BCUT2D eigenvalue weighted by atomic mass is 10.1. The maximum atomic E-state index is 13.2. The molecule has 0 unspecified atom stereocenters. The summed E-state index contributed by atoms with van der Waals surface area (Å²) < 4.78 is 16.6. The van der Waals surface area contributed by atoms with Crippen LogP contribution in [0.25, 0.3) is 11.1 Å². The fourth-order valence-corrected chi connectivity index (χ4v) is 3.42.